The van der Waals surface area contributed by atoms with Crippen molar-refractivity contribution in [2.24, 2.45) is 11.5 Å². The van der Waals surface area contributed by atoms with E-state index in [9.17, 15) is 19.5 Å². The molecular weight excluding hydrogens is 472 g/mol. The Morgan fingerprint density at radius 3 is 2.66 bits per heavy atom. The predicted molar refractivity (Wildman–Crippen MR) is 133 cm³/mol. The van der Waals surface area contributed by atoms with Crippen LogP contribution in [0.1, 0.15) is 24.4 Å². The van der Waals surface area contributed by atoms with Gasteiger partial charge >= 0.3 is 12.1 Å². The summed E-state index contributed by atoms with van der Waals surface area (Å²) in [6, 6.07) is 11.2. The number of para-hydroxylation sites is 1. The molecule has 0 radical (unpaired) electrons. The van der Waals surface area contributed by atoms with Crippen molar-refractivity contribution in [2.75, 3.05) is 18.5 Å². The molecule has 10 nitrogen and oxygen atoms in total. The van der Waals surface area contributed by atoms with E-state index in [4.69, 9.17) is 23.1 Å². The molecule has 4 amide bonds. The lowest BCUT2D eigenvalue weighted by Gasteiger charge is -2.26. The van der Waals surface area contributed by atoms with Crippen molar-refractivity contribution in [3.8, 4) is 0 Å². The maximum Gasteiger partial charge on any atom is 0.323 e. The Balaban J connectivity index is 1.54. The van der Waals surface area contributed by atoms with Gasteiger partial charge in [0, 0.05) is 35.8 Å². The van der Waals surface area contributed by atoms with E-state index in [0.717, 1.165) is 5.56 Å². The molecule has 7 N–H and O–H groups in total. The number of hydrogen-bond acceptors (Lipinski definition) is 5. The van der Waals surface area contributed by atoms with Crippen LogP contribution >= 0.6 is 11.6 Å². The lowest BCUT2D eigenvalue weighted by molar-refractivity contribution is -0.125. The maximum atomic E-state index is 13.2. The van der Waals surface area contributed by atoms with E-state index in [1.54, 1.807) is 42.5 Å². The molecule has 0 saturated carbocycles. The average molecular weight is 499 g/mol. The molecule has 1 aliphatic heterocycles. The number of nitrogens with one attached hydrogen (secondary N) is 2. The number of fused-ring (bicyclic) bond motifs is 1. The fourth-order valence-corrected chi connectivity index (χ4v) is 4.63. The third kappa shape index (κ3) is 5.24. The monoisotopic (exact) mass is 498 g/mol. The van der Waals surface area contributed by atoms with Crippen LogP contribution in [0.4, 0.5) is 15.3 Å². The molecule has 1 aromatic heterocycles. The van der Waals surface area contributed by atoms with E-state index in [0.29, 0.717) is 21.6 Å². The number of nitrogens with two attached hydrogens (primary N) is 2. The molecule has 1 fully saturated rings. The normalized spacial score (nSPS) is 18.4. The van der Waals surface area contributed by atoms with Crippen LogP contribution in [0.2, 0.25) is 5.02 Å². The highest BCUT2D eigenvalue weighted by Crippen LogP contribution is 2.28. The Hall–Kier alpha value is -3.60. The number of primary amides is 1. The fourth-order valence-electron chi connectivity index (χ4n) is 4.43. The molecule has 3 aromatic rings. The number of likely N-dealkylation sites (tertiary alicyclic amines) is 1. The van der Waals surface area contributed by atoms with E-state index in [2.05, 4.69) is 10.6 Å². The van der Waals surface area contributed by atoms with Crippen LogP contribution in [0.15, 0.2) is 54.7 Å². The van der Waals surface area contributed by atoms with E-state index in [-0.39, 0.29) is 37.9 Å². The molecule has 0 spiro atoms. The summed E-state index contributed by atoms with van der Waals surface area (Å²) >= 11 is 6.09. The molecule has 35 heavy (non-hydrogen) atoms. The number of rotatable bonds is 6. The summed E-state index contributed by atoms with van der Waals surface area (Å²) in [5.41, 5.74) is 13.3. The number of aliphatic hydroxyl groups excluding tert-OH is 1. The number of aliphatic hydroxyl groups is 1. The first-order valence-corrected chi connectivity index (χ1v) is 11.6. The summed E-state index contributed by atoms with van der Waals surface area (Å²) in [7, 11) is 0. The van der Waals surface area contributed by atoms with E-state index >= 15 is 0 Å². The van der Waals surface area contributed by atoms with Gasteiger partial charge in [-0.2, -0.15) is 0 Å². The summed E-state index contributed by atoms with van der Waals surface area (Å²) in [5.74, 6) is -0.383. The van der Waals surface area contributed by atoms with Gasteiger partial charge in [0.05, 0.1) is 17.2 Å². The first kappa shape index (κ1) is 24.5. The highest BCUT2D eigenvalue weighted by molar-refractivity contribution is 6.30. The van der Waals surface area contributed by atoms with Gasteiger partial charge in [-0.15, -0.1) is 0 Å². The number of carbonyl (C=O) groups is 3. The zero-order valence-electron chi connectivity index (χ0n) is 18.9. The van der Waals surface area contributed by atoms with Crippen molar-refractivity contribution in [3.05, 3.63) is 65.3 Å². The summed E-state index contributed by atoms with van der Waals surface area (Å²) in [6.45, 7) is 0.0377. The number of amides is 4. The quantitative estimate of drug-likeness (QED) is 0.353. The van der Waals surface area contributed by atoms with Crippen molar-refractivity contribution in [2.45, 2.75) is 31.0 Å². The zero-order valence-corrected chi connectivity index (χ0v) is 19.6. The third-order valence-corrected chi connectivity index (χ3v) is 6.31. The first-order valence-electron chi connectivity index (χ1n) is 11.2. The lowest BCUT2D eigenvalue weighted by atomic mass is 10.0. The largest absolute Gasteiger partial charge is 0.396 e. The van der Waals surface area contributed by atoms with E-state index in [1.807, 2.05) is 6.07 Å². The van der Waals surface area contributed by atoms with Gasteiger partial charge in [0.1, 0.15) is 6.04 Å². The van der Waals surface area contributed by atoms with Gasteiger partial charge in [-0.1, -0.05) is 41.9 Å². The minimum Gasteiger partial charge on any atom is -0.396 e. The van der Waals surface area contributed by atoms with Crippen LogP contribution in [0, 0.1) is 0 Å². The summed E-state index contributed by atoms with van der Waals surface area (Å²) in [6.07, 6.45) is 2.01. The minimum absolute atomic E-state index is 0.143. The van der Waals surface area contributed by atoms with Gasteiger partial charge < -0.3 is 32.1 Å². The molecule has 0 bridgehead atoms. The standard InChI is InChI=1S/C24H27ClN6O4/c25-15-5-3-4-14(10-15)18(8-9-32)28-22(33)21-11-16(26)12-31(21)24(35)29-19-13-30(23(27)34)20-7-2-1-6-17(19)20/h1-7,10,13,16,18,21,32H,8-9,11-12,26H2,(H2,27,34)(H,28,33)(H,29,35)/t16-,18?,21-/m0/s1. The summed E-state index contributed by atoms with van der Waals surface area (Å²) < 4.78 is 1.25. The van der Waals surface area contributed by atoms with Crippen LogP contribution in [0.3, 0.4) is 0 Å². The molecule has 1 saturated heterocycles. The van der Waals surface area contributed by atoms with Crippen molar-refractivity contribution in [1.29, 1.82) is 0 Å². The molecule has 2 heterocycles. The average Bonchev–Trinajstić information content (AvgIpc) is 3.40. The predicted octanol–water partition coefficient (Wildman–Crippen LogP) is 2.39. The topological polar surface area (TPSA) is 156 Å². The van der Waals surface area contributed by atoms with Crippen molar-refractivity contribution in [1.82, 2.24) is 14.8 Å². The summed E-state index contributed by atoms with van der Waals surface area (Å²) in [5, 5.41) is 16.4. The molecule has 2 aromatic carbocycles. The minimum atomic E-state index is -0.810. The number of nitrogens with zero attached hydrogens (tertiary/aromatic N) is 2. The second-order valence-corrected chi connectivity index (χ2v) is 8.93. The first-order chi connectivity index (χ1) is 16.8. The van der Waals surface area contributed by atoms with Gasteiger partial charge in [-0.3, -0.25) is 9.36 Å². The molecule has 184 valence electrons. The van der Waals surface area contributed by atoms with Gasteiger partial charge in [-0.25, -0.2) is 9.59 Å². The van der Waals surface area contributed by atoms with Crippen LogP contribution in [-0.2, 0) is 4.79 Å². The van der Waals surface area contributed by atoms with Crippen molar-refractivity contribution >= 4 is 46.2 Å². The smallest absolute Gasteiger partial charge is 0.323 e. The molecule has 4 rings (SSSR count). The van der Waals surface area contributed by atoms with Gasteiger partial charge in [0.25, 0.3) is 0 Å². The number of anilines is 1. The number of aromatic nitrogens is 1. The zero-order chi connectivity index (χ0) is 25.1. The Morgan fingerprint density at radius 2 is 1.94 bits per heavy atom. The van der Waals surface area contributed by atoms with E-state index < -0.39 is 24.1 Å². The lowest BCUT2D eigenvalue weighted by Crippen LogP contribution is -2.48. The van der Waals surface area contributed by atoms with Crippen LogP contribution < -0.4 is 22.1 Å². The van der Waals surface area contributed by atoms with Gasteiger partial charge in [0.2, 0.25) is 5.91 Å². The van der Waals surface area contributed by atoms with Crippen LogP contribution in [-0.4, -0.2) is 57.8 Å². The second-order valence-electron chi connectivity index (χ2n) is 8.49. The maximum absolute atomic E-state index is 13.2. The molecule has 0 aliphatic carbocycles. The number of halogens is 1. The van der Waals surface area contributed by atoms with Crippen molar-refractivity contribution < 1.29 is 19.5 Å². The molecular formula is C24H27ClN6O4. The van der Waals surface area contributed by atoms with E-state index in [1.165, 1.54) is 15.7 Å². The number of benzene rings is 2. The van der Waals surface area contributed by atoms with Crippen LogP contribution in [0.5, 0.6) is 0 Å². The number of urea groups is 1. The van der Waals surface area contributed by atoms with Gasteiger partial charge in [0.15, 0.2) is 0 Å². The fraction of sp³-hybridized carbons (Fsp3) is 0.292. The third-order valence-electron chi connectivity index (χ3n) is 6.07. The Morgan fingerprint density at radius 1 is 1.17 bits per heavy atom. The Labute approximate surface area is 206 Å². The SMILES string of the molecule is NC(=O)n1cc(NC(=O)N2C[C@@H](N)C[C@H]2C(=O)NC(CCO)c2cccc(Cl)c2)c2ccccc21. The molecule has 1 unspecified atom stereocenters. The number of carbonyl (C=O) groups excluding carboxylic acids is 3. The number of hydrogen-bond donors (Lipinski definition) is 5. The molecule has 3 atom stereocenters. The van der Waals surface area contributed by atoms with Gasteiger partial charge in [-0.05, 0) is 36.6 Å². The second kappa shape index (κ2) is 10.3. The molecule has 11 heteroatoms. The van der Waals surface area contributed by atoms with Crippen molar-refractivity contribution in [3.63, 3.8) is 0 Å². The Kier molecular flexibility index (Phi) is 7.25. The Bertz CT molecular complexity index is 1260. The molecule has 1 aliphatic rings. The summed E-state index contributed by atoms with van der Waals surface area (Å²) in [4.78, 5) is 39.7. The van der Waals surface area contributed by atoms with Crippen LogP contribution in [0.25, 0.3) is 10.9 Å². The highest BCUT2D eigenvalue weighted by atomic mass is 35.5. The highest BCUT2D eigenvalue weighted by Gasteiger charge is 2.39.